The Labute approximate surface area is 191 Å². The average molecular weight is 434 g/mol. The van der Waals surface area contributed by atoms with E-state index in [-0.39, 0.29) is 5.56 Å². The molecule has 0 atom stereocenters. The van der Waals surface area contributed by atoms with Gasteiger partial charge in [-0.15, -0.1) is 0 Å². The largest absolute Gasteiger partial charge is 0.496 e. The van der Waals surface area contributed by atoms with Crippen LogP contribution in [0.4, 0.5) is 0 Å². The second-order valence-electron chi connectivity index (χ2n) is 8.00. The number of ether oxygens (including phenoxy) is 1. The highest BCUT2D eigenvalue weighted by Gasteiger charge is 2.13. The van der Waals surface area contributed by atoms with Gasteiger partial charge in [-0.05, 0) is 66.8 Å². The van der Waals surface area contributed by atoms with Gasteiger partial charge < -0.3 is 9.64 Å². The zero-order chi connectivity index (χ0) is 23.1. The summed E-state index contributed by atoms with van der Waals surface area (Å²) in [7, 11) is 3.81. The number of fused-ring (bicyclic) bond motifs is 1. The second kappa shape index (κ2) is 11.1. The van der Waals surface area contributed by atoms with E-state index in [9.17, 15) is 4.79 Å². The fourth-order valence-corrected chi connectivity index (χ4v) is 3.94. The summed E-state index contributed by atoms with van der Waals surface area (Å²) >= 11 is 0. The molecule has 0 saturated heterocycles. The van der Waals surface area contributed by atoms with Crippen molar-refractivity contribution in [3.63, 3.8) is 0 Å². The summed E-state index contributed by atoms with van der Waals surface area (Å²) in [5, 5.41) is 0. The van der Waals surface area contributed by atoms with Crippen LogP contribution in [0.3, 0.4) is 0 Å². The van der Waals surface area contributed by atoms with Gasteiger partial charge in [-0.3, -0.25) is 9.20 Å². The van der Waals surface area contributed by atoms with E-state index in [1.807, 2.05) is 32.2 Å². The third-order valence-corrected chi connectivity index (χ3v) is 5.82. The van der Waals surface area contributed by atoms with Crippen molar-refractivity contribution in [2.45, 2.75) is 46.5 Å². The van der Waals surface area contributed by atoms with Crippen LogP contribution in [0.1, 0.15) is 51.3 Å². The number of unbranched alkanes of at least 4 members (excludes halogenated alkanes) is 1. The first-order valence-corrected chi connectivity index (χ1v) is 11.7. The molecular weight excluding hydrogens is 398 g/mol. The zero-order valence-corrected chi connectivity index (χ0v) is 20.0. The lowest BCUT2D eigenvalue weighted by molar-refractivity contribution is 0.369. The van der Waals surface area contributed by atoms with Crippen molar-refractivity contribution in [1.29, 1.82) is 0 Å². The van der Waals surface area contributed by atoms with E-state index in [0.29, 0.717) is 5.65 Å². The predicted molar refractivity (Wildman–Crippen MR) is 134 cm³/mol. The smallest absolute Gasteiger partial charge is 0.258 e. The molecule has 0 bridgehead atoms. The van der Waals surface area contributed by atoms with Crippen molar-refractivity contribution in [3.8, 4) is 16.9 Å². The minimum absolute atomic E-state index is 0.0526. The second-order valence-corrected chi connectivity index (χ2v) is 8.00. The number of pyridine rings is 1. The van der Waals surface area contributed by atoms with Crippen LogP contribution < -0.4 is 10.3 Å². The molecule has 1 aromatic carbocycles. The number of methoxy groups -OCH3 is 1. The van der Waals surface area contributed by atoms with Gasteiger partial charge in [0.1, 0.15) is 11.4 Å². The Balaban J connectivity index is 0.00000141. The van der Waals surface area contributed by atoms with Gasteiger partial charge >= 0.3 is 0 Å². The van der Waals surface area contributed by atoms with Crippen LogP contribution in [0.25, 0.3) is 22.3 Å². The Morgan fingerprint density at radius 1 is 1.09 bits per heavy atom. The number of benzene rings is 1. The Kier molecular flexibility index (Phi) is 8.23. The normalized spacial score (nSPS) is 14.0. The quantitative estimate of drug-likeness (QED) is 0.518. The highest BCUT2D eigenvalue weighted by atomic mass is 16.5. The van der Waals surface area contributed by atoms with E-state index in [0.717, 1.165) is 66.9 Å². The van der Waals surface area contributed by atoms with Crippen molar-refractivity contribution >= 4 is 11.2 Å². The molecule has 32 heavy (non-hydrogen) atoms. The predicted octanol–water partition coefficient (Wildman–Crippen LogP) is 5.46. The van der Waals surface area contributed by atoms with Crippen LogP contribution in [-0.2, 0) is 6.42 Å². The Bertz CT molecular complexity index is 1150. The molecule has 0 fully saturated rings. The highest BCUT2D eigenvalue weighted by Crippen LogP contribution is 2.28. The molecule has 1 aliphatic heterocycles. The van der Waals surface area contributed by atoms with Crippen molar-refractivity contribution < 1.29 is 4.74 Å². The first-order chi connectivity index (χ1) is 15.6. The van der Waals surface area contributed by atoms with Gasteiger partial charge in [0.15, 0.2) is 0 Å². The molecule has 5 nitrogen and oxygen atoms in total. The van der Waals surface area contributed by atoms with Gasteiger partial charge in [0.25, 0.3) is 5.56 Å². The molecule has 0 radical (unpaired) electrons. The fraction of sp³-hybridized carbons (Fsp3) is 0.407. The lowest BCUT2D eigenvalue weighted by atomic mass is 10.0. The summed E-state index contributed by atoms with van der Waals surface area (Å²) in [5.41, 5.74) is 5.79. The topological polar surface area (TPSA) is 46.8 Å². The number of likely N-dealkylation sites (N-methyl/N-ethyl adjacent to an activating group) is 1. The van der Waals surface area contributed by atoms with Gasteiger partial charge in [-0.2, -0.15) is 0 Å². The number of nitrogens with zero attached hydrogens (tertiary/aromatic N) is 3. The molecule has 2 aromatic heterocycles. The molecule has 0 spiro atoms. The Hall–Kier alpha value is -2.92. The van der Waals surface area contributed by atoms with Gasteiger partial charge in [0, 0.05) is 25.4 Å². The summed E-state index contributed by atoms with van der Waals surface area (Å²) in [6.07, 6.45) is 8.26. The summed E-state index contributed by atoms with van der Waals surface area (Å²) in [6.45, 7) is 8.07. The monoisotopic (exact) mass is 433 g/mol. The highest BCUT2D eigenvalue weighted by molar-refractivity contribution is 5.69. The van der Waals surface area contributed by atoms with E-state index in [1.165, 1.54) is 5.56 Å². The molecule has 0 unspecified atom stereocenters. The van der Waals surface area contributed by atoms with Gasteiger partial charge in [0.05, 0.1) is 12.8 Å². The van der Waals surface area contributed by atoms with Crippen molar-refractivity contribution in [2.75, 3.05) is 27.2 Å². The van der Waals surface area contributed by atoms with E-state index in [1.54, 1.807) is 17.6 Å². The maximum absolute atomic E-state index is 12.8. The molecular formula is C27H35N3O2. The number of hydrogen-bond acceptors (Lipinski definition) is 4. The summed E-state index contributed by atoms with van der Waals surface area (Å²) in [4.78, 5) is 19.9. The molecule has 0 aliphatic carbocycles. The SMILES string of the molecule is CC.CCCCc1ccc(-c2ccc3nc(C4=CCN(C)CC4)cc(=O)n3c2)cc1OC. The minimum atomic E-state index is -0.0526. The summed E-state index contributed by atoms with van der Waals surface area (Å²) in [5.74, 6) is 0.899. The molecule has 1 aliphatic rings. The minimum Gasteiger partial charge on any atom is -0.496 e. The van der Waals surface area contributed by atoms with Gasteiger partial charge in [-0.25, -0.2) is 4.98 Å². The fourth-order valence-electron chi connectivity index (χ4n) is 3.94. The lowest BCUT2D eigenvalue weighted by Gasteiger charge is -2.21. The molecule has 0 amide bonds. The van der Waals surface area contributed by atoms with E-state index in [4.69, 9.17) is 9.72 Å². The van der Waals surface area contributed by atoms with Crippen LogP contribution in [0.5, 0.6) is 5.75 Å². The number of aromatic nitrogens is 2. The molecule has 4 rings (SSSR count). The summed E-state index contributed by atoms with van der Waals surface area (Å²) < 4.78 is 7.25. The third-order valence-electron chi connectivity index (χ3n) is 5.82. The molecule has 3 aromatic rings. The molecule has 5 heteroatoms. The molecule has 0 saturated carbocycles. The van der Waals surface area contributed by atoms with Crippen molar-refractivity contribution in [1.82, 2.24) is 14.3 Å². The standard InChI is InChI=1S/C25H29N3O2.C2H6/c1-4-5-6-19-7-8-20(15-23(19)30-3)21-9-10-24-26-22(16-25(29)28(24)17-21)18-11-13-27(2)14-12-18;1-2/h7-11,15-17H,4-6,12-14H2,1-3H3;1-2H3. The number of rotatable bonds is 6. The lowest BCUT2D eigenvalue weighted by Crippen LogP contribution is -2.24. The van der Waals surface area contributed by atoms with E-state index < -0.39 is 0 Å². The van der Waals surface area contributed by atoms with Crippen molar-refractivity contribution in [3.05, 3.63) is 70.3 Å². The Morgan fingerprint density at radius 2 is 1.88 bits per heavy atom. The van der Waals surface area contributed by atoms with E-state index in [2.05, 4.69) is 43.1 Å². The Morgan fingerprint density at radius 3 is 2.56 bits per heavy atom. The van der Waals surface area contributed by atoms with Gasteiger partial charge in [0.2, 0.25) is 0 Å². The maximum atomic E-state index is 12.8. The number of hydrogen-bond donors (Lipinski definition) is 0. The van der Waals surface area contributed by atoms with Crippen LogP contribution >= 0.6 is 0 Å². The van der Waals surface area contributed by atoms with Crippen LogP contribution in [-0.4, -0.2) is 41.5 Å². The average Bonchev–Trinajstić information content (AvgIpc) is 2.84. The zero-order valence-electron chi connectivity index (χ0n) is 20.0. The third kappa shape index (κ3) is 5.28. The summed E-state index contributed by atoms with van der Waals surface area (Å²) in [6, 6.07) is 11.9. The first kappa shape index (κ1) is 23.7. The van der Waals surface area contributed by atoms with Gasteiger partial charge in [-0.1, -0.05) is 45.4 Å². The van der Waals surface area contributed by atoms with E-state index >= 15 is 0 Å². The molecule has 170 valence electrons. The maximum Gasteiger partial charge on any atom is 0.258 e. The van der Waals surface area contributed by atoms with Crippen LogP contribution in [0.2, 0.25) is 0 Å². The number of aryl methyl sites for hydroxylation is 1. The molecule has 0 N–H and O–H groups in total. The van der Waals surface area contributed by atoms with Crippen LogP contribution in [0, 0.1) is 0 Å². The first-order valence-electron chi connectivity index (χ1n) is 11.7. The van der Waals surface area contributed by atoms with Crippen molar-refractivity contribution in [2.24, 2.45) is 0 Å². The molecule has 3 heterocycles. The van der Waals surface area contributed by atoms with Crippen LogP contribution in [0.15, 0.2) is 53.5 Å².